The zero-order chi connectivity index (χ0) is 19.0. The fourth-order valence-electron chi connectivity index (χ4n) is 3.26. The first-order valence-electron chi connectivity index (χ1n) is 8.91. The van der Waals surface area contributed by atoms with E-state index in [-0.39, 0.29) is 18.0 Å². The first kappa shape index (κ1) is 17.4. The monoisotopic (exact) mass is 367 g/mol. The van der Waals surface area contributed by atoms with Gasteiger partial charge < -0.3 is 9.64 Å². The molecule has 1 aliphatic rings. The first-order chi connectivity index (χ1) is 13.1. The van der Waals surface area contributed by atoms with Crippen molar-refractivity contribution in [3.8, 4) is 5.69 Å². The molecule has 4 rings (SSSR count). The molecule has 27 heavy (non-hydrogen) atoms. The number of benzene rings is 1. The zero-order valence-electron chi connectivity index (χ0n) is 15.4. The Balaban J connectivity index is 1.69. The first-order valence-corrected chi connectivity index (χ1v) is 8.91. The Bertz CT molecular complexity index is 1060. The molecule has 0 unspecified atom stereocenters. The van der Waals surface area contributed by atoms with Crippen LogP contribution in [0, 0.1) is 13.8 Å². The minimum absolute atomic E-state index is 0.0313. The highest BCUT2D eigenvalue weighted by Gasteiger charge is 2.19. The largest absolute Gasteiger partial charge is 0.378 e. The number of nitrogens with zero attached hydrogens (tertiary/aromatic N) is 5. The van der Waals surface area contributed by atoms with E-state index in [2.05, 4.69) is 10.1 Å². The SMILES string of the molecule is Cc1cccc(-n2ncc3c(=O)n(CC(=O)N4CCOCC4)cnc32)c1C. The maximum Gasteiger partial charge on any atom is 0.264 e. The van der Waals surface area contributed by atoms with Crippen LogP contribution in [0.25, 0.3) is 16.7 Å². The van der Waals surface area contributed by atoms with Crippen molar-refractivity contribution in [3.63, 3.8) is 0 Å². The lowest BCUT2D eigenvalue weighted by Gasteiger charge is -2.26. The fourth-order valence-corrected chi connectivity index (χ4v) is 3.26. The van der Waals surface area contributed by atoms with Gasteiger partial charge in [-0.15, -0.1) is 0 Å². The molecule has 140 valence electrons. The van der Waals surface area contributed by atoms with Crippen LogP contribution in [0.5, 0.6) is 0 Å². The van der Waals surface area contributed by atoms with Crippen molar-refractivity contribution >= 4 is 16.9 Å². The predicted octanol–water partition coefficient (Wildman–Crippen LogP) is 1.06. The molecule has 1 aliphatic heterocycles. The van der Waals surface area contributed by atoms with Gasteiger partial charge in [-0.2, -0.15) is 5.10 Å². The molecule has 0 bridgehead atoms. The summed E-state index contributed by atoms with van der Waals surface area (Å²) in [7, 11) is 0. The highest BCUT2D eigenvalue weighted by atomic mass is 16.5. The normalized spacial score (nSPS) is 14.7. The van der Waals surface area contributed by atoms with E-state index < -0.39 is 0 Å². The fraction of sp³-hybridized carbons (Fsp3) is 0.368. The third-order valence-electron chi connectivity index (χ3n) is 5.03. The highest BCUT2D eigenvalue weighted by molar-refractivity contribution is 5.78. The molecular weight excluding hydrogens is 346 g/mol. The molecule has 3 aromatic rings. The Morgan fingerprint density at radius 1 is 1.22 bits per heavy atom. The Morgan fingerprint density at radius 2 is 2.00 bits per heavy atom. The lowest BCUT2D eigenvalue weighted by molar-refractivity contribution is -0.135. The van der Waals surface area contributed by atoms with Gasteiger partial charge in [-0.3, -0.25) is 14.2 Å². The molecule has 8 nitrogen and oxygen atoms in total. The average molecular weight is 367 g/mol. The maximum absolute atomic E-state index is 12.8. The topological polar surface area (TPSA) is 82.2 Å². The Labute approximate surface area is 156 Å². The quantitative estimate of drug-likeness (QED) is 0.691. The summed E-state index contributed by atoms with van der Waals surface area (Å²) in [6.45, 7) is 6.17. The van der Waals surface area contributed by atoms with Crippen LogP contribution in [0.3, 0.4) is 0 Å². The standard InChI is InChI=1S/C19H21N5O3/c1-13-4-3-5-16(14(13)2)24-18-15(10-21-24)19(26)23(12-20-18)11-17(25)22-6-8-27-9-7-22/h3-5,10,12H,6-9,11H2,1-2H3. The van der Waals surface area contributed by atoms with Gasteiger partial charge in [0.2, 0.25) is 5.91 Å². The summed E-state index contributed by atoms with van der Waals surface area (Å²) >= 11 is 0. The number of fused-ring (bicyclic) bond motifs is 1. The van der Waals surface area contributed by atoms with Gasteiger partial charge in [0.05, 0.1) is 25.1 Å². The van der Waals surface area contributed by atoms with E-state index in [0.29, 0.717) is 37.3 Å². The molecule has 0 aliphatic carbocycles. The van der Waals surface area contributed by atoms with Crippen LogP contribution in [0.4, 0.5) is 0 Å². The Kier molecular flexibility index (Phi) is 4.49. The van der Waals surface area contributed by atoms with Crippen molar-refractivity contribution in [3.05, 3.63) is 52.2 Å². The van der Waals surface area contributed by atoms with Crippen molar-refractivity contribution in [2.45, 2.75) is 20.4 Å². The smallest absolute Gasteiger partial charge is 0.264 e. The molecular formula is C19H21N5O3. The number of hydrogen-bond acceptors (Lipinski definition) is 5. The number of aromatic nitrogens is 4. The zero-order valence-corrected chi connectivity index (χ0v) is 15.4. The van der Waals surface area contributed by atoms with Gasteiger partial charge in [-0.05, 0) is 31.0 Å². The van der Waals surface area contributed by atoms with Crippen molar-refractivity contribution in [2.75, 3.05) is 26.3 Å². The molecule has 1 aromatic carbocycles. The molecule has 1 amide bonds. The van der Waals surface area contributed by atoms with Gasteiger partial charge in [-0.25, -0.2) is 9.67 Å². The number of carbonyl (C=O) groups is 1. The molecule has 3 heterocycles. The van der Waals surface area contributed by atoms with Gasteiger partial charge in [0.25, 0.3) is 5.56 Å². The number of rotatable bonds is 3. The highest BCUT2D eigenvalue weighted by Crippen LogP contribution is 2.19. The van der Waals surface area contributed by atoms with Gasteiger partial charge in [0, 0.05) is 13.1 Å². The molecule has 1 fully saturated rings. The Hall–Kier alpha value is -3.00. The number of morpholine rings is 1. The van der Waals surface area contributed by atoms with Gasteiger partial charge in [0.15, 0.2) is 5.65 Å². The maximum atomic E-state index is 12.8. The lowest BCUT2D eigenvalue weighted by atomic mass is 10.1. The van der Waals surface area contributed by atoms with Crippen LogP contribution in [-0.4, -0.2) is 56.4 Å². The van der Waals surface area contributed by atoms with E-state index in [0.717, 1.165) is 16.8 Å². The number of carbonyl (C=O) groups excluding carboxylic acids is 1. The Morgan fingerprint density at radius 3 is 2.78 bits per heavy atom. The van der Waals surface area contributed by atoms with Crippen LogP contribution < -0.4 is 5.56 Å². The molecule has 0 radical (unpaired) electrons. The van der Waals surface area contributed by atoms with Crippen LogP contribution in [-0.2, 0) is 16.1 Å². The second kappa shape index (κ2) is 6.96. The van der Waals surface area contributed by atoms with Crippen molar-refractivity contribution in [2.24, 2.45) is 0 Å². The number of hydrogen-bond donors (Lipinski definition) is 0. The van der Waals surface area contributed by atoms with Crippen LogP contribution >= 0.6 is 0 Å². The van der Waals surface area contributed by atoms with Crippen molar-refractivity contribution < 1.29 is 9.53 Å². The third kappa shape index (κ3) is 3.12. The van der Waals surface area contributed by atoms with E-state index in [1.54, 1.807) is 9.58 Å². The average Bonchev–Trinajstić information content (AvgIpc) is 3.11. The number of aryl methyl sites for hydroxylation is 1. The van der Waals surface area contributed by atoms with E-state index in [1.165, 1.54) is 17.1 Å². The van der Waals surface area contributed by atoms with Gasteiger partial charge in [-0.1, -0.05) is 12.1 Å². The van der Waals surface area contributed by atoms with Gasteiger partial charge >= 0.3 is 0 Å². The summed E-state index contributed by atoms with van der Waals surface area (Å²) in [6, 6.07) is 5.93. The van der Waals surface area contributed by atoms with Crippen LogP contribution in [0.2, 0.25) is 0 Å². The second-order valence-corrected chi connectivity index (χ2v) is 6.68. The van der Waals surface area contributed by atoms with Crippen molar-refractivity contribution in [1.82, 2.24) is 24.2 Å². The third-order valence-corrected chi connectivity index (χ3v) is 5.03. The van der Waals surface area contributed by atoms with E-state index >= 15 is 0 Å². The molecule has 0 N–H and O–H groups in total. The van der Waals surface area contributed by atoms with E-state index in [1.807, 2.05) is 32.0 Å². The number of ether oxygens (including phenoxy) is 1. The molecule has 0 saturated carbocycles. The summed E-state index contributed by atoms with van der Waals surface area (Å²) in [5.74, 6) is -0.108. The molecule has 2 aromatic heterocycles. The van der Waals surface area contributed by atoms with E-state index in [9.17, 15) is 9.59 Å². The molecule has 0 atom stereocenters. The molecule has 8 heteroatoms. The summed E-state index contributed by atoms with van der Waals surface area (Å²) in [4.78, 5) is 31.4. The van der Waals surface area contributed by atoms with Crippen LogP contribution in [0.15, 0.2) is 35.5 Å². The van der Waals surface area contributed by atoms with Crippen LogP contribution in [0.1, 0.15) is 11.1 Å². The number of amides is 1. The summed E-state index contributed by atoms with van der Waals surface area (Å²) in [5.41, 5.74) is 3.33. The minimum Gasteiger partial charge on any atom is -0.378 e. The summed E-state index contributed by atoms with van der Waals surface area (Å²) < 4.78 is 8.27. The summed E-state index contributed by atoms with van der Waals surface area (Å²) in [5, 5.41) is 4.76. The predicted molar refractivity (Wildman–Crippen MR) is 100.0 cm³/mol. The second-order valence-electron chi connectivity index (χ2n) is 6.68. The lowest BCUT2D eigenvalue weighted by Crippen LogP contribution is -2.43. The summed E-state index contributed by atoms with van der Waals surface area (Å²) in [6.07, 6.45) is 2.94. The molecule has 1 saturated heterocycles. The van der Waals surface area contributed by atoms with E-state index in [4.69, 9.17) is 4.74 Å². The van der Waals surface area contributed by atoms with Gasteiger partial charge in [0.1, 0.15) is 18.3 Å². The van der Waals surface area contributed by atoms with Crippen molar-refractivity contribution in [1.29, 1.82) is 0 Å². The minimum atomic E-state index is -0.266. The molecule has 0 spiro atoms.